The Labute approximate surface area is 99.2 Å². The van der Waals surface area contributed by atoms with E-state index in [1.165, 1.54) is 6.07 Å². The SMILES string of the molecule is CCC(C)N(C)c1ccc(N)c(C(F)(F)F)c1. The zero-order valence-electron chi connectivity index (χ0n) is 10.2. The average molecular weight is 246 g/mol. The van der Waals surface area contributed by atoms with Gasteiger partial charge in [-0.25, -0.2) is 0 Å². The molecule has 1 aromatic rings. The Kier molecular flexibility index (Phi) is 3.91. The van der Waals surface area contributed by atoms with E-state index in [1.807, 2.05) is 18.7 Å². The standard InChI is InChI=1S/C12H17F3N2/c1-4-8(2)17(3)9-5-6-11(16)10(7-9)12(13,14)15/h5-8H,4,16H2,1-3H3. The molecule has 1 atom stereocenters. The molecule has 0 fully saturated rings. The second kappa shape index (κ2) is 4.85. The van der Waals surface area contributed by atoms with Gasteiger partial charge in [-0.3, -0.25) is 0 Å². The fourth-order valence-electron chi connectivity index (χ4n) is 1.54. The van der Waals surface area contributed by atoms with Crippen LogP contribution in [-0.4, -0.2) is 13.1 Å². The first-order valence-corrected chi connectivity index (χ1v) is 5.47. The number of alkyl halides is 3. The molecule has 1 rings (SSSR count). The number of nitrogens with two attached hydrogens (primary N) is 1. The van der Waals surface area contributed by atoms with E-state index in [9.17, 15) is 13.2 Å². The molecule has 0 spiro atoms. The Morgan fingerprint density at radius 2 is 1.94 bits per heavy atom. The highest BCUT2D eigenvalue weighted by Crippen LogP contribution is 2.36. The lowest BCUT2D eigenvalue weighted by Crippen LogP contribution is -2.28. The zero-order valence-corrected chi connectivity index (χ0v) is 10.2. The summed E-state index contributed by atoms with van der Waals surface area (Å²) in [7, 11) is 1.78. The molecule has 1 unspecified atom stereocenters. The third-order valence-electron chi connectivity index (χ3n) is 3.00. The Hall–Kier alpha value is -1.39. The van der Waals surface area contributed by atoms with Crippen LogP contribution >= 0.6 is 0 Å². The van der Waals surface area contributed by atoms with Crippen molar-refractivity contribution in [1.29, 1.82) is 0 Å². The van der Waals surface area contributed by atoms with Gasteiger partial charge in [-0.1, -0.05) is 6.92 Å². The highest BCUT2D eigenvalue weighted by atomic mass is 19.4. The lowest BCUT2D eigenvalue weighted by atomic mass is 10.1. The van der Waals surface area contributed by atoms with Gasteiger partial charge in [0.2, 0.25) is 0 Å². The number of nitrogen functional groups attached to an aromatic ring is 1. The van der Waals surface area contributed by atoms with Crippen LogP contribution in [0.4, 0.5) is 24.5 Å². The predicted octanol–water partition coefficient (Wildman–Crippen LogP) is 3.52. The molecule has 5 heteroatoms. The molecule has 0 saturated carbocycles. The van der Waals surface area contributed by atoms with Crippen LogP contribution in [0, 0.1) is 0 Å². The number of rotatable bonds is 3. The van der Waals surface area contributed by atoms with Gasteiger partial charge in [0, 0.05) is 24.5 Å². The Bertz CT molecular complexity index is 388. The highest BCUT2D eigenvalue weighted by Gasteiger charge is 2.33. The van der Waals surface area contributed by atoms with Crippen molar-refractivity contribution < 1.29 is 13.2 Å². The van der Waals surface area contributed by atoms with Crippen LogP contribution in [0.1, 0.15) is 25.8 Å². The number of nitrogens with zero attached hydrogens (tertiary/aromatic N) is 1. The molecule has 0 saturated heterocycles. The number of anilines is 2. The molecule has 0 aliphatic carbocycles. The van der Waals surface area contributed by atoms with E-state index in [0.717, 1.165) is 12.5 Å². The molecule has 2 nitrogen and oxygen atoms in total. The van der Waals surface area contributed by atoms with Gasteiger partial charge in [0.25, 0.3) is 0 Å². The summed E-state index contributed by atoms with van der Waals surface area (Å²) in [6.07, 6.45) is -3.54. The molecule has 0 radical (unpaired) electrons. The van der Waals surface area contributed by atoms with Crippen molar-refractivity contribution in [3.05, 3.63) is 23.8 Å². The first-order valence-electron chi connectivity index (χ1n) is 5.47. The largest absolute Gasteiger partial charge is 0.418 e. The zero-order chi connectivity index (χ0) is 13.2. The maximum atomic E-state index is 12.7. The van der Waals surface area contributed by atoms with Gasteiger partial charge in [0.15, 0.2) is 0 Å². The first kappa shape index (κ1) is 13.7. The van der Waals surface area contributed by atoms with Crippen LogP contribution in [0.15, 0.2) is 18.2 Å². The average Bonchev–Trinajstić information content (AvgIpc) is 2.26. The van der Waals surface area contributed by atoms with Crippen LogP contribution in [0.5, 0.6) is 0 Å². The second-order valence-electron chi connectivity index (χ2n) is 4.14. The van der Waals surface area contributed by atoms with E-state index < -0.39 is 11.7 Å². The van der Waals surface area contributed by atoms with Crippen LogP contribution in [-0.2, 0) is 6.18 Å². The monoisotopic (exact) mass is 246 g/mol. The minimum Gasteiger partial charge on any atom is -0.398 e. The third-order valence-corrected chi connectivity index (χ3v) is 3.00. The van der Waals surface area contributed by atoms with Crippen LogP contribution in [0.3, 0.4) is 0 Å². The summed E-state index contributed by atoms with van der Waals surface area (Å²) >= 11 is 0. The summed E-state index contributed by atoms with van der Waals surface area (Å²) in [6, 6.07) is 4.19. The number of benzene rings is 1. The van der Waals surface area contributed by atoms with Gasteiger partial charge in [0.1, 0.15) is 0 Å². The van der Waals surface area contributed by atoms with Crippen LogP contribution in [0.2, 0.25) is 0 Å². The number of halogens is 3. The summed E-state index contributed by atoms with van der Waals surface area (Å²) in [4.78, 5) is 1.81. The van der Waals surface area contributed by atoms with Crippen molar-refractivity contribution in [2.45, 2.75) is 32.5 Å². The molecule has 1 aromatic carbocycles. The van der Waals surface area contributed by atoms with Crippen molar-refractivity contribution in [3.63, 3.8) is 0 Å². The topological polar surface area (TPSA) is 29.3 Å². The van der Waals surface area contributed by atoms with Crippen molar-refractivity contribution in [3.8, 4) is 0 Å². The van der Waals surface area contributed by atoms with Crippen molar-refractivity contribution >= 4 is 11.4 Å². The molecular weight excluding hydrogens is 229 g/mol. The molecule has 17 heavy (non-hydrogen) atoms. The second-order valence-corrected chi connectivity index (χ2v) is 4.14. The predicted molar refractivity (Wildman–Crippen MR) is 64.0 cm³/mol. The minimum atomic E-state index is -4.41. The van der Waals surface area contributed by atoms with Crippen molar-refractivity contribution in [2.75, 3.05) is 17.7 Å². The van der Waals surface area contributed by atoms with E-state index >= 15 is 0 Å². The minimum absolute atomic E-state index is 0.180. The quantitative estimate of drug-likeness (QED) is 0.827. The third kappa shape index (κ3) is 3.05. The molecule has 2 N–H and O–H groups in total. The van der Waals surface area contributed by atoms with Crippen molar-refractivity contribution in [1.82, 2.24) is 0 Å². The normalized spacial score (nSPS) is 13.5. The van der Waals surface area contributed by atoms with Gasteiger partial charge in [-0.2, -0.15) is 13.2 Å². The van der Waals surface area contributed by atoms with Crippen LogP contribution in [0.25, 0.3) is 0 Å². The lowest BCUT2D eigenvalue weighted by molar-refractivity contribution is -0.136. The maximum absolute atomic E-state index is 12.7. The summed E-state index contributed by atoms with van der Waals surface area (Å²) in [5.41, 5.74) is 4.86. The fourth-order valence-corrected chi connectivity index (χ4v) is 1.54. The molecule has 0 aliphatic rings. The van der Waals surface area contributed by atoms with E-state index in [1.54, 1.807) is 13.1 Å². The van der Waals surface area contributed by atoms with E-state index in [4.69, 9.17) is 5.73 Å². The van der Waals surface area contributed by atoms with E-state index in [0.29, 0.717) is 5.69 Å². The highest BCUT2D eigenvalue weighted by molar-refractivity contribution is 5.59. The Morgan fingerprint density at radius 1 is 1.35 bits per heavy atom. The molecule has 0 heterocycles. The smallest absolute Gasteiger partial charge is 0.398 e. The van der Waals surface area contributed by atoms with Gasteiger partial charge in [0.05, 0.1) is 5.56 Å². The summed E-state index contributed by atoms with van der Waals surface area (Å²) in [6.45, 7) is 3.95. The van der Waals surface area contributed by atoms with Crippen molar-refractivity contribution in [2.24, 2.45) is 0 Å². The summed E-state index contributed by atoms with van der Waals surface area (Å²) < 4.78 is 38.0. The van der Waals surface area contributed by atoms with Gasteiger partial charge in [-0.05, 0) is 31.5 Å². The Morgan fingerprint density at radius 3 is 2.41 bits per heavy atom. The molecular formula is C12H17F3N2. The molecule has 0 bridgehead atoms. The van der Waals surface area contributed by atoms with Gasteiger partial charge < -0.3 is 10.6 Å². The number of hydrogen-bond donors (Lipinski definition) is 1. The maximum Gasteiger partial charge on any atom is 0.418 e. The van der Waals surface area contributed by atoms with E-state index in [2.05, 4.69) is 0 Å². The summed E-state index contributed by atoms with van der Waals surface area (Å²) in [5.74, 6) is 0. The fraction of sp³-hybridized carbons (Fsp3) is 0.500. The number of hydrogen-bond acceptors (Lipinski definition) is 2. The van der Waals surface area contributed by atoms with Crippen LogP contribution < -0.4 is 10.6 Å². The van der Waals surface area contributed by atoms with Gasteiger partial charge >= 0.3 is 6.18 Å². The molecule has 0 aromatic heterocycles. The first-order chi connectivity index (χ1) is 7.77. The summed E-state index contributed by atoms with van der Waals surface area (Å²) in [5, 5.41) is 0. The lowest BCUT2D eigenvalue weighted by Gasteiger charge is -2.27. The van der Waals surface area contributed by atoms with E-state index in [-0.39, 0.29) is 11.7 Å². The van der Waals surface area contributed by atoms with Gasteiger partial charge in [-0.15, -0.1) is 0 Å². The Balaban J connectivity index is 3.13. The molecule has 0 amide bonds. The molecule has 96 valence electrons. The molecule has 0 aliphatic heterocycles.